The molecule has 0 saturated heterocycles. The number of methoxy groups -OCH3 is 2. The van der Waals surface area contributed by atoms with Crippen LogP contribution in [0.1, 0.15) is 41.6 Å². The number of rotatable bonds is 5. The van der Waals surface area contributed by atoms with Crippen LogP contribution < -0.4 is 20.5 Å². The number of hydrogen-bond acceptors (Lipinski definition) is 4. The van der Waals surface area contributed by atoms with Gasteiger partial charge in [0.1, 0.15) is 11.5 Å². The molecule has 0 spiro atoms. The molecule has 0 heterocycles. The van der Waals surface area contributed by atoms with Crippen molar-refractivity contribution in [3.63, 3.8) is 0 Å². The number of benzene rings is 1. The lowest BCUT2D eigenvalue weighted by Gasteiger charge is -2.31. The molecule has 3 N–H and O–H groups in total. The molecule has 1 aliphatic carbocycles. The van der Waals surface area contributed by atoms with Crippen LogP contribution in [0.3, 0.4) is 0 Å². The lowest BCUT2D eigenvalue weighted by Crippen LogP contribution is -2.44. The minimum Gasteiger partial charge on any atom is -0.496 e. The van der Waals surface area contributed by atoms with E-state index in [-0.39, 0.29) is 24.4 Å². The maximum atomic E-state index is 12.6. The summed E-state index contributed by atoms with van der Waals surface area (Å²) in [5.74, 6) is 1.58. The quantitative estimate of drug-likeness (QED) is 0.862. The van der Waals surface area contributed by atoms with Crippen LogP contribution >= 0.6 is 12.4 Å². The van der Waals surface area contributed by atoms with Crippen molar-refractivity contribution in [3.05, 3.63) is 23.3 Å². The zero-order chi connectivity index (χ0) is 16.1. The molecular weight excluding hydrogens is 316 g/mol. The van der Waals surface area contributed by atoms with Crippen molar-refractivity contribution in [1.82, 2.24) is 5.32 Å². The van der Waals surface area contributed by atoms with Crippen molar-refractivity contribution < 1.29 is 14.3 Å². The fraction of sp³-hybridized carbons (Fsp3) is 0.588. The van der Waals surface area contributed by atoms with Crippen LogP contribution in [0.2, 0.25) is 0 Å². The van der Waals surface area contributed by atoms with E-state index < -0.39 is 0 Å². The normalized spacial score (nSPS) is 20.3. The molecular formula is C17H27ClN2O3. The average molecular weight is 343 g/mol. The summed E-state index contributed by atoms with van der Waals surface area (Å²) in [6.45, 7) is 2.52. The molecule has 0 bridgehead atoms. The molecule has 1 aromatic carbocycles. The topological polar surface area (TPSA) is 73.6 Å². The molecule has 1 amide bonds. The van der Waals surface area contributed by atoms with Gasteiger partial charge in [0.25, 0.3) is 5.91 Å². The lowest BCUT2D eigenvalue weighted by atomic mass is 9.84. The number of carbonyl (C=O) groups excluding carboxylic acids is 1. The Hall–Kier alpha value is -1.46. The highest BCUT2D eigenvalue weighted by Gasteiger charge is 2.26. The maximum absolute atomic E-state index is 12.6. The first-order valence-electron chi connectivity index (χ1n) is 7.84. The number of hydrogen-bond donors (Lipinski definition) is 2. The van der Waals surface area contributed by atoms with Crippen LogP contribution in [0.15, 0.2) is 12.1 Å². The van der Waals surface area contributed by atoms with Gasteiger partial charge in [0, 0.05) is 17.2 Å². The lowest BCUT2D eigenvalue weighted by molar-refractivity contribution is 0.0907. The van der Waals surface area contributed by atoms with Gasteiger partial charge in [-0.25, -0.2) is 0 Å². The number of nitrogens with one attached hydrogen (secondary N) is 1. The number of nitrogens with two attached hydrogens (primary N) is 1. The van der Waals surface area contributed by atoms with Crippen molar-refractivity contribution in [2.45, 2.75) is 38.6 Å². The highest BCUT2D eigenvalue weighted by Crippen LogP contribution is 2.30. The molecule has 130 valence electrons. The Kier molecular flexibility index (Phi) is 7.65. The SMILES string of the molecule is COc1cc(C(=O)NC2CCCCC2CN)cc(OC)c1C.Cl. The van der Waals surface area contributed by atoms with E-state index in [9.17, 15) is 4.79 Å². The van der Waals surface area contributed by atoms with Crippen molar-refractivity contribution in [2.24, 2.45) is 11.7 Å². The van der Waals surface area contributed by atoms with Crippen LogP contribution in [-0.4, -0.2) is 32.7 Å². The molecule has 6 heteroatoms. The van der Waals surface area contributed by atoms with E-state index in [0.717, 1.165) is 24.8 Å². The largest absolute Gasteiger partial charge is 0.496 e. The monoisotopic (exact) mass is 342 g/mol. The zero-order valence-electron chi connectivity index (χ0n) is 14.1. The summed E-state index contributed by atoms with van der Waals surface area (Å²) in [6, 6.07) is 3.67. The molecule has 5 nitrogen and oxygen atoms in total. The third-order valence-electron chi connectivity index (χ3n) is 4.54. The smallest absolute Gasteiger partial charge is 0.251 e. The van der Waals surface area contributed by atoms with Crippen molar-refractivity contribution >= 4 is 18.3 Å². The second-order valence-corrected chi connectivity index (χ2v) is 5.87. The average Bonchev–Trinajstić information content (AvgIpc) is 2.55. The molecule has 1 aliphatic rings. The summed E-state index contributed by atoms with van der Waals surface area (Å²) in [6.07, 6.45) is 4.41. The van der Waals surface area contributed by atoms with E-state index in [1.54, 1.807) is 26.4 Å². The van der Waals surface area contributed by atoms with Gasteiger partial charge in [0.05, 0.1) is 14.2 Å². The van der Waals surface area contributed by atoms with E-state index in [1.165, 1.54) is 6.42 Å². The Bertz CT molecular complexity index is 512. The predicted octanol–water partition coefficient (Wildman–Crippen LogP) is 2.68. The van der Waals surface area contributed by atoms with Gasteiger partial charge >= 0.3 is 0 Å². The third kappa shape index (κ3) is 4.52. The minimum atomic E-state index is -0.0954. The molecule has 0 radical (unpaired) electrons. The Morgan fingerprint density at radius 1 is 1.22 bits per heavy atom. The molecule has 2 rings (SSSR count). The van der Waals surface area contributed by atoms with Crippen LogP contribution in [-0.2, 0) is 0 Å². The van der Waals surface area contributed by atoms with Crippen LogP contribution in [0.4, 0.5) is 0 Å². The van der Waals surface area contributed by atoms with Crippen molar-refractivity contribution in [3.8, 4) is 11.5 Å². The molecule has 0 aromatic heterocycles. The molecule has 1 saturated carbocycles. The number of carbonyl (C=O) groups is 1. The van der Waals surface area contributed by atoms with E-state index >= 15 is 0 Å². The first kappa shape index (κ1) is 19.6. The number of ether oxygens (including phenoxy) is 2. The van der Waals surface area contributed by atoms with E-state index in [1.807, 2.05) is 6.92 Å². The van der Waals surface area contributed by atoms with Crippen LogP contribution in [0, 0.1) is 12.8 Å². The van der Waals surface area contributed by atoms with Gasteiger partial charge in [0.2, 0.25) is 0 Å². The van der Waals surface area contributed by atoms with Gasteiger partial charge in [-0.1, -0.05) is 12.8 Å². The molecule has 1 aromatic rings. The van der Waals surface area contributed by atoms with Gasteiger partial charge in [0.15, 0.2) is 0 Å². The fourth-order valence-corrected chi connectivity index (χ4v) is 3.15. The summed E-state index contributed by atoms with van der Waals surface area (Å²) in [7, 11) is 3.18. The highest BCUT2D eigenvalue weighted by molar-refractivity contribution is 5.95. The van der Waals surface area contributed by atoms with Gasteiger partial charge in [-0.05, 0) is 44.4 Å². The van der Waals surface area contributed by atoms with Crippen LogP contribution in [0.25, 0.3) is 0 Å². The highest BCUT2D eigenvalue weighted by atomic mass is 35.5. The van der Waals surface area contributed by atoms with Crippen molar-refractivity contribution in [1.29, 1.82) is 0 Å². The van der Waals surface area contributed by atoms with E-state index in [0.29, 0.717) is 29.5 Å². The van der Waals surface area contributed by atoms with Gasteiger partial charge in [-0.3, -0.25) is 4.79 Å². The number of amides is 1. The Morgan fingerprint density at radius 2 is 1.78 bits per heavy atom. The molecule has 2 atom stereocenters. The Morgan fingerprint density at radius 3 is 2.30 bits per heavy atom. The van der Waals surface area contributed by atoms with Gasteiger partial charge in [-0.2, -0.15) is 0 Å². The number of halogens is 1. The molecule has 1 fully saturated rings. The Labute approximate surface area is 144 Å². The summed E-state index contributed by atoms with van der Waals surface area (Å²) in [4.78, 5) is 12.6. The fourth-order valence-electron chi connectivity index (χ4n) is 3.15. The summed E-state index contributed by atoms with van der Waals surface area (Å²) < 4.78 is 10.7. The minimum absolute atomic E-state index is 0. The predicted molar refractivity (Wildman–Crippen MR) is 93.8 cm³/mol. The van der Waals surface area contributed by atoms with E-state index in [2.05, 4.69) is 5.32 Å². The summed E-state index contributed by atoms with van der Waals surface area (Å²) >= 11 is 0. The van der Waals surface area contributed by atoms with Gasteiger partial charge in [-0.15, -0.1) is 12.4 Å². The standard InChI is InChI=1S/C17H26N2O3.ClH/c1-11-15(21-2)8-13(9-16(11)22-3)17(20)19-14-7-5-4-6-12(14)10-18;/h8-9,12,14H,4-7,10,18H2,1-3H3,(H,19,20);1H. The second kappa shape index (κ2) is 8.99. The Balaban J connectivity index is 0.00000264. The second-order valence-electron chi connectivity index (χ2n) is 5.87. The maximum Gasteiger partial charge on any atom is 0.251 e. The molecule has 23 heavy (non-hydrogen) atoms. The first-order valence-corrected chi connectivity index (χ1v) is 7.84. The summed E-state index contributed by atoms with van der Waals surface area (Å²) in [5, 5.41) is 3.13. The summed E-state index contributed by atoms with van der Waals surface area (Å²) in [5.41, 5.74) is 7.27. The molecule has 2 unspecified atom stereocenters. The molecule has 0 aliphatic heterocycles. The van der Waals surface area contributed by atoms with Crippen molar-refractivity contribution in [2.75, 3.05) is 20.8 Å². The zero-order valence-corrected chi connectivity index (χ0v) is 14.9. The van der Waals surface area contributed by atoms with Gasteiger partial charge < -0.3 is 20.5 Å². The van der Waals surface area contributed by atoms with E-state index in [4.69, 9.17) is 15.2 Å². The van der Waals surface area contributed by atoms with Crippen LogP contribution in [0.5, 0.6) is 11.5 Å². The third-order valence-corrected chi connectivity index (χ3v) is 4.54. The first-order chi connectivity index (χ1) is 10.6.